The molecule has 0 aromatic rings. The van der Waals surface area contributed by atoms with Crippen molar-refractivity contribution in [1.29, 1.82) is 0 Å². The quantitative estimate of drug-likeness (QED) is 0.712. The minimum atomic E-state index is -0.834. The summed E-state index contributed by atoms with van der Waals surface area (Å²) in [6, 6.07) is -0.366. The number of imide groups is 1. The summed E-state index contributed by atoms with van der Waals surface area (Å²) < 4.78 is 0. The van der Waals surface area contributed by atoms with Gasteiger partial charge in [-0.15, -0.1) is 12.4 Å². The van der Waals surface area contributed by atoms with E-state index in [2.05, 4.69) is 10.6 Å². The summed E-state index contributed by atoms with van der Waals surface area (Å²) in [7, 11) is 0. The molecule has 2 saturated heterocycles. The summed E-state index contributed by atoms with van der Waals surface area (Å²) in [6.45, 7) is 6.77. The van der Waals surface area contributed by atoms with Crippen molar-refractivity contribution in [2.75, 3.05) is 32.7 Å². The zero-order valence-corrected chi connectivity index (χ0v) is 13.3. The molecule has 21 heavy (non-hydrogen) atoms. The second-order valence-electron chi connectivity index (χ2n) is 5.75. The van der Waals surface area contributed by atoms with Gasteiger partial charge in [0.25, 0.3) is 5.91 Å². The molecular formula is C13H23ClN4O3. The van der Waals surface area contributed by atoms with Crippen molar-refractivity contribution < 1.29 is 14.4 Å². The summed E-state index contributed by atoms with van der Waals surface area (Å²) in [5, 5.41) is 5.82. The van der Waals surface area contributed by atoms with Crippen LogP contribution < -0.4 is 10.6 Å². The van der Waals surface area contributed by atoms with Crippen molar-refractivity contribution >= 4 is 30.3 Å². The lowest BCUT2D eigenvalue weighted by Crippen LogP contribution is -2.46. The SMILES string of the molecule is CC1(C)NC(=O)N(CCCC(=O)N2CCNCC2)C1=O.Cl. The number of rotatable bonds is 4. The highest BCUT2D eigenvalue weighted by Gasteiger charge is 2.43. The number of hydrogen-bond acceptors (Lipinski definition) is 4. The van der Waals surface area contributed by atoms with Crippen LogP contribution in [-0.4, -0.2) is 65.9 Å². The number of halogens is 1. The zero-order chi connectivity index (χ0) is 14.8. The Kier molecular flexibility index (Phi) is 5.98. The van der Waals surface area contributed by atoms with Crippen LogP contribution in [0.1, 0.15) is 26.7 Å². The maximum absolute atomic E-state index is 12.0. The molecule has 0 aromatic heterocycles. The van der Waals surface area contributed by atoms with Crippen molar-refractivity contribution in [2.45, 2.75) is 32.2 Å². The molecule has 0 radical (unpaired) electrons. The van der Waals surface area contributed by atoms with Gasteiger partial charge in [-0.25, -0.2) is 4.79 Å². The lowest BCUT2D eigenvalue weighted by molar-refractivity contribution is -0.133. The van der Waals surface area contributed by atoms with Crippen LogP contribution in [0.15, 0.2) is 0 Å². The maximum atomic E-state index is 12.0. The minimum Gasteiger partial charge on any atom is -0.340 e. The second-order valence-corrected chi connectivity index (χ2v) is 5.75. The Hall–Kier alpha value is -1.34. The standard InChI is InChI=1S/C13H22N4O3.ClH/c1-13(2)11(19)17(12(20)15-13)7-3-4-10(18)16-8-5-14-6-9-16;/h14H,3-9H2,1-2H3,(H,15,20);1H. The number of nitrogens with one attached hydrogen (secondary N) is 2. The molecule has 7 nitrogen and oxygen atoms in total. The van der Waals surface area contributed by atoms with Gasteiger partial charge in [-0.2, -0.15) is 0 Å². The Morgan fingerprint density at radius 2 is 1.86 bits per heavy atom. The fourth-order valence-electron chi connectivity index (χ4n) is 2.48. The van der Waals surface area contributed by atoms with E-state index in [0.717, 1.165) is 26.2 Å². The minimum absolute atomic E-state index is 0. The van der Waals surface area contributed by atoms with Crippen LogP contribution in [0, 0.1) is 0 Å². The Balaban J connectivity index is 0.00000220. The van der Waals surface area contributed by atoms with Gasteiger partial charge >= 0.3 is 6.03 Å². The topological polar surface area (TPSA) is 81.8 Å². The number of carbonyl (C=O) groups is 3. The predicted molar refractivity (Wildman–Crippen MR) is 80.3 cm³/mol. The first-order valence-electron chi connectivity index (χ1n) is 7.04. The van der Waals surface area contributed by atoms with E-state index in [1.807, 2.05) is 4.90 Å². The summed E-state index contributed by atoms with van der Waals surface area (Å²) in [5.41, 5.74) is -0.834. The molecule has 0 aromatic carbocycles. The van der Waals surface area contributed by atoms with E-state index in [0.29, 0.717) is 19.4 Å². The first kappa shape index (κ1) is 17.7. The van der Waals surface area contributed by atoms with Crippen molar-refractivity contribution in [3.05, 3.63) is 0 Å². The van der Waals surface area contributed by atoms with Crippen LogP contribution in [0.5, 0.6) is 0 Å². The number of hydrogen-bond donors (Lipinski definition) is 2. The normalized spacial score (nSPS) is 21.0. The van der Waals surface area contributed by atoms with Gasteiger partial charge in [0.15, 0.2) is 0 Å². The zero-order valence-electron chi connectivity index (χ0n) is 12.5. The predicted octanol–water partition coefficient (Wildman–Crippen LogP) is -0.0494. The van der Waals surface area contributed by atoms with Crippen LogP contribution in [0.25, 0.3) is 0 Å². The van der Waals surface area contributed by atoms with Crippen LogP contribution in [0.3, 0.4) is 0 Å². The van der Waals surface area contributed by atoms with Gasteiger partial charge in [0, 0.05) is 39.1 Å². The van der Waals surface area contributed by atoms with Crippen LogP contribution in [0.2, 0.25) is 0 Å². The summed E-state index contributed by atoms with van der Waals surface area (Å²) in [4.78, 5) is 38.6. The van der Waals surface area contributed by atoms with Crippen LogP contribution in [0.4, 0.5) is 4.79 Å². The molecule has 0 atom stereocenters. The van der Waals surface area contributed by atoms with Gasteiger partial charge in [-0.05, 0) is 20.3 Å². The smallest absolute Gasteiger partial charge is 0.325 e. The van der Waals surface area contributed by atoms with E-state index >= 15 is 0 Å². The van der Waals surface area contributed by atoms with Crippen molar-refractivity contribution in [2.24, 2.45) is 0 Å². The highest BCUT2D eigenvalue weighted by atomic mass is 35.5. The average molecular weight is 319 g/mol. The molecule has 2 aliphatic heterocycles. The van der Waals surface area contributed by atoms with Gasteiger partial charge in [0.1, 0.15) is 5.54 Å². The van der Waals surface area contributed by atoms with Crippen molar-refractivity contribution in [3.8, 4) is 0 Å². The molecule has 2 N–H and O–H groups in total. The van der Waals surface area contributed by atoms with E-state index in [1.165, 1.54) is 4.90 Å². The van der Waals surface area contributed by atoms with Gasteiger partial charge < -0.3 is 15.5 Å². The van der Waals surface area contributed by atoms with Gasteiger partial charge in [-0.1, -0.05) is 0 Å². The number of amides is 4. The van der Waals surface area contributed by atoms with Crippen LogP contribution in [-0.2, 0) is 9.59 Å². The average Bonchev–Trinajstić information content (AvgIpc) is 2.61. The molecule has 0 bridgehead atoms. The monoisotopic (exact) mass is 318 g/mol. The highest BCUT2D eigenvalue weighted by molar-refractivity contribution is 6.06. The van der Waals surface area contributed by atoms with E-state index in [-0.39, 0.29) is 30.3 Å². The Labute approximate surface area is 130 Å². The van der Waals surface area contributed by atoms with Gasteiger partial charge in [-0.3, -0.25) is 14.5 Å². The summed E-state index contributed by atoms with van der Waals surface area (Å²) in [5.74, 6) is -0.130. The Bertz CT molecular complexity index is 422. The van der Waals surface area contributed by atoms with E-state index in [1.54, 1.807) is 13.8 Å². The lowest BCUT2D eigenvalue weighted by atomic mass is 10.1. The summed E-state index contributed by atoms with van der Waals surface area (Å²) >= 11 is 0. The molecule has 2 fully saturated rings. The molecule has 4 amide bonds. The molecule has 0 saturated carbocycles. The molecule has 8 heteroatoms. The molecule has 120 valence electrons. The maximum Gasteiger partial charge on any atom is 0.325 e. The van der Waals surface area contributed by atoms with Crippen molar-refractivity contribution in [1.82, 2.24) is 20.4 Å². The number of piperazine rings is 1. The van der Waals surface area contributed by atoms with E-state index in [4.69, 9.17) is 0 Å². The molecule has 2 heterocycles. The second kappa shape index (κ2) is 7.09. The molecule has 0 aliphatic carbocycles. The third-order valence-electron chi connectivity index (χ3n) is 3.69. The largest absolute Gasteiger partial charge is 0.340 e. The van der Waals surface area contributed by atoms with Crippen molar-refractivity contribution in [3.63, 3.8) is 0 Å². The first-order valence-corrected chi connectivity index (χ1v) is 7.04. The van der Waals surface area contributed by atoms with Crippen LogP contribution >= 0.6 is 12.4 Å². The third kappa shape index (κ3) is 4.07. The molecular weight excluding hydrogens is 296 g/mol. The third-order valence-corrected chi connectivity index (χ3v) is 3.69. The fourth-order valence-corrected chi connectivity index (χ4v) is 2.48. The Morgan fingerprint density at radius 1 is 1.24 bits per heavy atom. The number of urea groups is 1. The van der Waals surface area contributed by atoms with Gasteiger partial charge in [0.05, 0.1) is 0 Å². The lowest BCUT2D eigenvalue weighted by Gasteiger charge is -2.27. The number of nitrogens with zero attached hydrogens (tertiary/aromatic N) is 2. The van der Waals surface area contributed by atoms with E-state index in [9.17, 15) is 14.4 Å². The molecule has 0 spiro atoms. The molecule has 0 unspecified atom stereocenters. The van der Waals surface area contributed by atoms with Gasteiger partial charge in [0.2, 0.25) is 5.91 Å². The Morgan fingerprint density at radius 3 is 2.38 bits per heavy atom. The fraction of sp³-hybridized carbons (Fsp3) is 0.769. The number of carbonyl (C=O) groups excluding carboxylic acids is 3. The molecule has 2 rings (SSSR count). The highest BCUT2D eigenvalue weighted by Crippen LogP contribution is 2.17. The molecule has 2 aliphatic rings. The first-order chi connectivity index (χ1) is 9.42. The summed E-state index contributed by atoms with van der Waals surface area (Å²) in [6.07, 6.45) is 0.884. The van der Waals surface area contributed by atoms with E-state index < -0.39 is 5.54 Å².